The van der Waals surface area contributed by atoms with E-state index in [1.165, 1.54) is 0 Å². The first-order chi connectivity index (χ1) is 17.1. The molecule has 4 atom stereocenters. The Morgan fingerprint density at radius 1 is 1.06 bits per heavy atom. The van der Waals surface area contributed by atoms with Crippen molar-refractivity contribution in [1.29, 1.82) is 0 Å². The largest absolute Gasteiger partial charge is 0.454 e. The van der Waals surface area contributed by atoms with Gasteiger partial charge in [-0.2, -0.15) is 0 Å². The van der Waals surface area contributed by atoms with Gasteiger partial charge in [-0.15, -0.1) is 11.8 Å². The highest BCUT2D eigenvalue weighted by Crippen LogP contribution is 2.61. The van der Waals surface area contributed by atoms with E-state index in [2.05, 4.69) is 28.4 Å². The van der Waals surface area contributed by atoms with Crippen molar-refractivity contribution < 1.29 is 19.1 Å². The average molecular weight is 485 g/mol. The second kappa shape index (κ2) is 7.60. The summed E-state index contributed by atoms with van der Waals surface area (Å²) in [5, 5.41) is 3.13. The van der Waals surface area contributed by atoms with E-state index in [-0.39, 0.29) is 30.4 Å². The molecule has 176 valence electrons. The third-order valence-corrected chi connectivity index (χ3v) is 8.94. The van der Waals surface area contributed by atoms with Gasteiger partial charge in [-0.3, -0.25) is 14.5 Å². The number of ketones is 1. The molecule has 0 bridgehead atoms. The van der Waals surface area contributed by atoms with Crippen LogP contribution in [0.1, 0.15) is 33.0 Å². The number of rotatable bonds is 3. The number of anilines is 1. The molecule has 1 amide bonds. The molecule has 35 heavy (non-hydrogen) atoms. The Bertz CT molecular complexity index is 1380. The minimum atomic E-state index is -1.07. The molecule has 0 radical (unpaired) electrons. The Labute approximate surface area is 207 Å². The maximum atomic E-state index is 14.6. The Morgan fingerprint density at radius 3 is 2.74 bits per heavy atom. The zero-order valence-corrected chi connectivity index (χ0v) is 20.0. The van der Waals surface area contributed by atoms with Gasteiger partial charge in [0.1, 0.15) is 5.54 Å². The van der Waals surface area contributed by atoms with Crippen LogP contribution in [0.2, 0.25) is 0 Å². The Kier molecular flexibility index (Phi) is 4.57. The number of thioether (sulfide) groups is 1. The molecule has 4 heterocycles. The molecule has 0 aromatic heterocycles. The van der Waals surface area contributed by atoms with Crippen LogP contribution in [0.3, 0.4) is 0 Å². The van der Waals surface area contributed by atoms with Crippen LogP contribution in [0.5, 0.6) is 11.5 Å². The smallest absolute Gasteiger partial charge is 0.250 e. The van der Waals surface area contributed by atoms with Gasteiger partial charge in [-0.25, -0.2) is 0 Å². The number of carbonyl (C=O) groups is 2. The number of ether oxygens (including phenoxy) is 2. The summed E-state index contributed by atoms with van der Waals surface area (Å²) in [4.78, 5) is 30.9. The van der Waals surface area contributed by atoms with Crippen LogP contribution >= 0.6 is 11.8 Å². The van der Waals surface area contributed by atoms with Gasteiger partial charge in [0.05, 0.1) is 5.92 Å². The SMILES string of the molecule is Cc1ccc2c(c1)[C@]1(C(=O)N2)[C@H](C(=O)c2ccc3c(c2)OCO3)[C@@H](c2ccccc2)[C@H]2CSCN21. The summed E-state index contributed by atoms with van der Waals surface area (Å²) in [6, 6.07) is 21.7. The lowest BCUT2D eigenvalue weighted by atomic mass is 9.69. The van der Waals surface area contributed by atoms with Crippen molar-refractivity contribution in [2.45, 2.75) is 24.4 Å². The van der Waals surface area contributed by atoms with Crippen LogP contribution in [0.25, 0.3) is 0 Å². The van der Waals surface area contributed by atoms with Gasteiger partial charge in [0.2, 0.25) is 12.7 Å². The summed E-state index contributed by atoms with van der Waals surface area (Å²) < 4.78 is 11.1. The van der Waals surface area contributed by atoms with Gasteiger partial charge >= 0.3 is 0 Å². The van der Waals surface area contributed by atoms with E-state index >= 15 is 0 Å². The van der Waals surface area contributed by atoms with E-state index in [4.69, 9.17) is 9.47 Å². The normalized spacial score (nSPS) is 28.3. The number of hydrogen-bond acceptors (Lipinski definition) is 6. The number of carbonyl (C=O) groups excluding carboxylic acids is 2. The summed E-state index contributed by atoms with van der Waals surface area (Å²) in [5.41, 5.74) is 3.35. The van der Waals surface area contributed by atoms with E-state index in [0.29, 0.717) is 22.9 Å². The number of aryl methyl sites for hydroxylation is 1. The van der Waals surface area contributed by atoms with Crippen molar-refractivity contribution in [1.82, 2.24) is 4.90 Å². The van der Waals surface area contributed by atoms with Crippen molar-refractivity contribution in [3.63, 3.8) is 0 Å². The molecule has 6 nitrogen and oxygen atoms in total. The molecule has 0 saturated carbocycles. The standard InChI is InChI=1S/C28H24N2O4S/c1-16-7-9-20-19(11-16)28(27(32)29-20)25(26(31)18-8-10-22-23(12-18)34-15-33-22)24(17-5-3-2-4-6-17)21-13-35-14-30(21)28/h2-12,21,24-25H,13-15H2,1H3,(H,29,32)/t21-,24+,25+,28-/m1/s1. The van der Waals surface area contributed by atoms with Gasteiger partial charge < -0.3 is 14.8 Å². The number of Topliss-reactive ketones (excluding diaryl/α,β-unsaturated/α-hetero) is 1. The molecule has 4 aliphatic rings. The molecular weight excluding hydrogens is 460 g/mol. The first-order valence-electron chi connectivity index (χ1n) is 11.8. The first-order valence-corrected chi connectivity index (χ1v) is 13.0. The highest BCUT2D eigenvalue weighted by atomic mass is 32.2. The third kappa shape index (κ3) is 2.82. The minimum Gasteiger partial charge on any atom is -0.454 e. The maximum absolute atomic E-state index is 14.6. The molecule has 1 spiro atoms. The third-order valence-electron chi connectivity index (χ3n) is 7.90. The lowest BCUT2D eigenvalue weighted by molar-refractivity contribution is -0.127. The van der Waals surface area contributed by atoms with Crippen molar-refractivity contribution in [2.24, 2.45) is 5.92 Å². The first kappa shape index (κ1) is 21.0. The van der Waals surface area contributed by atoms with Gasteiger partial charge in [0, 0.05) is 40.4 Å². The van der Waals surface area contributed by atoms with Gasteiger partial charge in [0.15, 0.2) is 17.3 Å². The van der Waals surface area contributed by atoms with Crippen LogP contribution in [0, 0.1) is 12.8 Å². The zero-order valence-electron chi connectivity index (χ0n) is 19.2. The number of amides is 1. The van der Waals surface area contributed by atoms with Gasteiger partial charge in [0.25, 0.3) is 0 Å². The van der Waals surface area contributed by atoms with E-state index < -0.39 is 11.5 Å². The lowest BCUT2D eigenvalue weighted by Gasteiger charge is -2.36. The van der Waals surface area contributed by atoms with Crippen molar-refractivity contribution in [3.05, 3.63) is 89.0 Å². The minimum absolute atomic E-state index is 0.0407. The zero-order chi connectivity index (χ0) is 23.7. The van der Waals surface area contributed by atoms with E-state index in [9.17, 15) is 9.59 Å². The summed E-state index contributed by atoms with van der Waals surface area (Å²) in [7, 11) is 0. The lowest BCUT2D eigenvalue weighted by Crippen LogP contribution is -2.52. The molecule has 3 aromatic carbocycles. The predicted octanol–water partition coefficient (Wildman–Crippen LogP) is 4.54. The van der Waals surface area contributed by atoms with E-state index in [0.717, 1.165) is 28.1 Å². The summed E-state index contributed by atoms with van der Waals surface area (Å²) in [6.07, 6.45) is 0. The van der Waals surface area contributed by atoms with Crippen LogP contribution in [0.15, 0.2) is 66.7 Å². The van der Waals surface area contributed by atoms with E-state index in [1.54, 1.807) is 18.2 Å². The highest BCUT2D eigenvalue weighted by Gasteiger charge is 2.69. The van der Waals surface area contributed by atoms with Crippen LogP contribution in [0.4, 0.5) is 5.69 Å². The summed E-state index contributed by atoms with van der Waals surface area (Å²) in [6.45, 7) is 2.18. The van der Waals surface area contributed by atoms with E-state index in [1.807, 2.05) is 49.0 Å². The molecule has 4 aliphatic heterocycles. The van der Waals surface area contributed by atoms with Crippen LogP contribution in [-0.2, 0) is 10.3 Å². The van der Waals surface area contributed by atoms with Crippen LogP contribution in [-0.4, -0.2) is 41.1 Å². The fourth-order valence-corrected chi connectivity index (χ4v) is 7.79. The molecule has 3 aromatic rings. The predicted molar refractivity (Wildman–Crippen MR) is 134 cm³/mol. The fourth-order valence-electron chi connectivity index (χ4n) is 6.47. The molecule has 2 saturated heterocycles. The highest BCUT2D eigenvalue weighted by molar-refractivity contribution is 7.99. The summed E-state index contributed by atoms with van der Waals surface area (Å²) >= 11 is 1.83. The van der Waals surface area contributed by atoms with Gasteiger partial charge in [-0.05, 0) is 36.8 Å². The fraction of sp³-hybridized carbons (Fsp3) is 0.286. The van der Waals surface area contributed by atoms with Crippen molar-refractivity contribution >= 4 is 29.1 Å². The number of fused-ring (bicyclic) bond motifs is 5. The van der Waals surface area contributed by atoms with Crippen molar-refractivity contribution in [3.8, 4) is 11.5 Å². The molecule has 1 N–H and O–H groups in total. The Hall–Kier alpha value is -3.29. The molecule has 7 rings (SSSR count). The van der Waals surface area contributed by atoms with Gasteiger partial charge in [-0.1, -0.05) is 48.0 Å². The number of hydrogen-bond donors (Lipinski definition) is 1. The Morgan fingerprint density at radius 2 is 1.89 bits per heavy atom. The monoisotopic (exact) mass is 484 g/mol. The molecular formula is C28H24N2O4S. The quantitative estimate of drug-likeness (QED) is 0.551. The second-order valence-corrected chi connectivity index (χ2v) is 10.7. The number of nitrogens with zero attached hydrogens (tertiary/aromatic N) is 1. The molecule has 0 unspecified atom stereocenters. The maximum Gasteiger partial charge on any atom is 0.250 e. The molecule has 2 fully saturated rings. The van der Waals surface area contributed by atoms with Crippen LogP contribution < -0.4 is 14.8 Å². The van der Waals surface area contributed by atoms with Crippen molar-refractivity contribution in [2.75, 3.05) is 23.7 Å². The molecule has 0 aliphatic carbocycles. The number of benzene rings is 3. The topological polar surface area (TPSA) is 67.9 Å². The second-order valence-electron chi connectivity index (χ2n) is 9.65. The average Bonchev–Trinajstić information content (AvgIpc) is 3.63. The number of nitrogens with one attached hydrogen (secondary N) is 1. The summed E-state index contributed by atoms with van der Waals surface area (Å²) in [5.74, 6) is 1.94. The Balaban J connectivity index is 1.47. The molecule has 7 heteroatoms.